The van der Waals surface area contributed by atoms with E-state index in [1.165, 1.54) is 5.56 Å². The van der Waals surface area contributed by atoms with Gasteiger partial charge in [0.15, 0.2) is 0 Å². The number of ether oxygens (including phenoxy) is 1. The number of hydrogen-bond acceptors (Lipinski definition) is 5. The van der Waals surface area contributed by atoms with E-state index in [0.717, 1.165) is 38.2 Å². The predicted octanol–water partition coefficient (Wildman–Crippen LogP) is 1.80. The molecule has 0 unspecified atom stereocenters. The van der Waals surface area contributed by atoms with E-state index in [-0.39, 0.29) is 18.1 Å². The lowest BCUT2D eigenvalue weighted by atomic mass is 9.87. The van der Waals surface area contributed by atoms with E-state index >= 15 is 0 Å². The molecular formula is C20H27N5O2. The van der Waals surface area contributed by atoms with Crippen molar-refractivity contribution in [1.29, 1.82) is 0 Å². The van der Waals surface area contributed by atoms with Crippen LogP contribution in [-0.2, 0) is 11.8 Å². The second-order valence-corrected chi connectivity index (χ2v) is 7.52. The largest absolute Gasteiger partial charge is 0.378 e. The number of carbonyl (C=O) groups is 1. The van der Waals surface area contributed by atoms with Crippen molar-refractivity contribution in [2.24, 2.45) is 7.05 Å². The van der Waals surface area contributed by atoms with Gasteiger partial charge >= 0.3 is 0 Å². The summed E-state index contributed by atoms with van der Waals surface area (Å²) in [6.45, 7) is 4.41. The van der Waals surface area contributed by atoms with Crippen LogP contribution in [0.15, 0.2) is 30.6 Å². The second kappa shape index (κ2) is 7.40. The Morgan fingerprint density at radius 3 is 2.67 bits per heavy atom. The van der Waals surface area contributed by atoms with E-state index < -0.39 is 0 Å². The van der Waals surface area contributed by atoms with Crippen molar-refractivity contribution in [2.45, 2.75) is 38.0 Å². The van der Waals surface area contributed by atoms with Crippen LogP contribution in [0, 0.1) is 6.92 Å². The van der Waals surface area contributed by atoms with E-state index in [2.05, 4.69) is 21.0 Å². The molecule has 4 heterocycles. The Kier molecular flexibility index (Phi) is 4.97. The maximum absolute atomic E-state index is 12.8. The molecule has 2 fully saturated rings. The van der Waals surface area contributed by atoms with Crippen LogP contribution < -0.4 is 0 Å². The van der Waals surface area contributed by atoms with Crippen molar-refractivity contribution in [3.63, 3.8) is 0 Å². The maximum atomic E-state index is 12.8. The summed E-state index contributed by atoms with van der Waals surface area (Å²) < 4.78 is 7.34. The van der Waals surface area contributed by atoms with E-state index in [9.17, 15) is 4.79 Å². The third kappa shape index (κ3) is 3.37. The van der Waals surface area contributed by atoms with Gasteiger partial charge in [-0.15, -0.1) is 0 Å². The molecular weight excluding hydrogens is 342 g/mol. The van der Waals surface area contributed by atoms with Crippen LogP contribution in [0.4, 0.5) is 0 Å². The smallest absolute Gasteiger partial charge is 0.272 e. The zero-order valence-electron chi connectivity index (χ0n) is 16.2. The van der Waals surface area contributed by atoms with Gasteiger partial charge in [0.05, 0.1) is 17.8 Å². The number of aromatic nitrogens is 3. The first-order valence-corrected chi connectivity index (χ1v) is 9.57. The first-order chi connectivity index (χ1) is 13.1. The van der Waals surface area contributed by atoms with Crippen molar-refractivity contribution in [3.8, 4) is 0 Å². The van der Waals surface area contributed by atoms with Gasteiger partial charge in [-0.2, -0.15) is 5.10 Å². The van der Waals surface area contributed by atoms with Crippen LogP contribution in [0.1, 0.15) is 40.6 Å². The molecule has 7 heteroatoms. The van der Waals surface area contributed by atoms with Crippen molar-refractivity contribution >= 4 is 5.91 Å². The van der Waals surface area contributed by atoms with Crippen LogP contribution in [-0.4, -0.2) is 69.4 Å². The Balaban J connectivity index is 1.40. The summed E-state index contributed by atoms with van der Waals surface area (Å²) in [7, 11) is 3.61. The fourth-order valence-corrected chi connectivity index (χ4v) is 4.41. The normalized spacial score (nSPS) is 24.0. The summed E-state index contributed by atoms with van der Waals surface area (Å²) in [4.78, 5) is 21.5. The third-order valence-corrected chi connectivity index (χ3v) is 5.87. The first-order valence-electron chi connectivity index (χ1n) is 9.57. The SMILES string of the molecule is CO[C@H]1CN(C2CCN(C(=O)c3cc(C)nn3C)CC2)[C@H]1c1cccnc1. The number of amides is 1. The molecule has 0 aliphatic carbocycles. The van der Waals surface area contributed by atoms with E-state index in [1.807, 2.05) is 37.2 Å². The number of pyridine rings is 1. The number of hydrogen-bond donors (Lipinski definition) is 0. The maximum Gasteiger partial charge on any atom is 0.272 e. The lowest BCUT2D eigenvalue weighted by molar-refractivity contribution is -0.115. The van der Waals surface area contributed by atoms with Crippen LogP contribution in [0.5, 0.6) is 0 Å². The molecule has 1 amide bonds. The summed E-state index contributed by atoms with van der Waals surface area (Å²) >= 11 is 0. The van der Waals surface area contributed by atoms with E-state index in [4.69, 9.17) is 4.74 Å². The number of piperidine rings is 1. The standard InChI is InChI=1S/C20H27N5O2/c1-14-11-17(23(2)22-14)20(26)24-9-6-16(7-10-24)25-13-18(27-3)19(25)15-5-4-8-21-12-15/h4-5,8,11-12,16,18-19H,6-7,9-10,13H2,1-3H3/t18-,19-/m0/s1. The minimum absolute atomic E-state index is 0.0822. The third-order valence-electron chi connectivity index (χ3n) is 5.87. The minimum Gasteiger partial charge on any atom is -0.378 e. The number of rotatable bonds is 4. The first kappa shape index (κ1) is 18.1. The molecule has 2 atom stereocenters. The Bertz CT molecular complexity index is 798. The minimum atomic E-state index is 0.0822. The molecule has 0 saturated carbocycles. The molecule has 2 aromatic heterocycles. The van der Waals surface area contributed by atoms with E-state index in [1.54, 1.807) is 18.0 Å². The molecule has 0 spiro atoms. The van der Waals surface area contributed by atoms with Gasteiger partial charge in [-0.25, -0.2) is 0 Å². The highest BCUT2D eigenvalue weighted by Crippen LogP contribution is 2.39. The molecule has 144 valence electrons. The van der Waals surface area contributed by atoms with Gasteiger partial charge in [0.2, 0.25) is 0 Å². The highest BCUT2D eigenvalue weighted by Gasteiger charge is 2.44. The number of carbonyl (C=O) groups excluding carboxylic acids is 1. The Labute approximate surface area is 159 Å². The van der Waals surface area contributed by atoms with Crippen LogP contribution in [0.25, 0.3) is 0 Å². The average Bonchev–Trinajstić information content (AvgIpc) is 3.00. The summed E-state index contributed by atoms with van der Waals surface area (Å²) in [6, 6.07) is 6.70. The summed E-state index contributed by atoms with van der Waals surface area (Å²) in [5, 5.41) is 4.29. The van der Waals surface area contributed by atoms with Gasteiger partial charge < -0.3 is 9.64 Å². The highest BCUT2D eigenvalue weighted by molar-refractivity contribution is 5.92. The fourth-order valence-electron chi connectivity index (χ4n) is 4.41. The van der Waals surface area contributed by atoms with Gasteiger partial charge in [0.25, 0.3) is 5.91 Å². The summed E-state index contributed by atoms with van der Waals surface area (Å²) in [6.07, 6.45) is 5.92. The molecule has 27 heavy (non-hydrogen) atoms. The van der Waals surface area contributed by atoms with Gasteiger partial charge in [0, 0.05) is 52.2 Å². The molecule has 2 saturated heterocycles. The fraction of sp³-hybridized carbons (Fsp3) is 0.550. The van der Waals surface area contributed by atoms with Crippen LogP contribution >= 0.6 is 0 Å². The van der Waals surface area contributed by atoms with Gasteiger partial charge in [-0.3, -0.25) is 19.4 Å². The lowest BCUT2D eigenvalue weighted by Gasteiger charge is -2.52. The van der Waals surface area contributed by atoms with Crippen LogP contribution in [0.3, 0.4) is 0 Å². The Hall–Kier alpha value is -2.25. The van der Waals surface area contributed by atoms with Gasteiger partial charge in [-0.05, 0) is 37.5 Å². The zero-order chi connectivity index (χ0) is 19.0. The molecule has 0 aromatic carbocycles. The highest BCUT2D eigenvalue weighted by atomic mass is 16.5. The zero-order valence-corrected chi connectivity index (χ0v) is 16.2. The average molecular weight is 369 g/mol. The van der Waals surface area contributed by atoms with Crippen molar-refractivity contribution in [1.82, 2.24) is 24.6 Å². The molecule has 2 aliphatic rings. The Morgan fingerprint density at radius 2 is 2.07 bits per heavy atom. The molecule has 0 N–H and O–H groups in total. The predicted molar refractivity (Wildman–Crippen MR) is 101 cm³/mol. The monoisotopic (exact) mass is 369 g/mol. The van der Waals surface area contributed by atoms with Crippen molar-refractivity contribution < 1.29 is 9.53 Å². The van der Waals surface area contributed by atoms with Crippen molar-refractivity contribution in [3.05, 3.63) is 47.5 Å². The number of aryl methyl sites for hydroxylation is 2. The number of likely N-dealkylation sites (tertiary alicyclic amines) is 2. The lowest BCUT2D eigenvalue weighted by Crippen LogP contribution is -2.60. The Morgan fingerprint density at radius 1 is 1.30 bits per heavy atom. The van der Waals surface area contributed by atoms with Gasteiger partial charge in [0.1, 0.15) is 5.69 Å². The van der Waals surface area contributed by atoms with E-state index in [0.29, 0.717) is 11.7 Å². The topological polar surface area (TPSA) is 63.5 Å². The molecule has 2 aliphatic heterocycles. The molecule has 7 nitrogen and oxygen atoms in total. The van der Waals surface area contributed by atoms with Gasteiger partial charge in [-0.1, -0.05) is 6.07 Å². The summed E-state index contributed by atoms with van der Waals surface area (Å²) in [5.41, 5.74) is 2.75. The van der Waals surface area contributed by atoms with Crippen LogP contribution in [0.2, 0.25) is 0 Å². The molecule has 4 rings (SSSR count). The number of nitrogens with zero attached hydrogens (tertiary/aromatic N) is 5. The molecule has 2 aromatic rings. The van der Waals surface area contributed by atoms with Crippen molar-refractivity contribution in [2.75, 3.05) is 26.7 Å². The second-order valence-electron chi connectivity index (χ2n) is 7.52. The summed E-state index contributed by atoms with van der Waals surface area (Å²) in [5.74, 6) is 0.0822. The quantitative estimate of drug-likeness (QED) is 0.822. The molecule has 0 radical (unpaired) electrons. The number of methoxy groups -OCH3 is 1. The molecule has 0 bridgehead atoms.